The van der Waals surface area contributed by atoms with Crippen molar-refractivity contribution in [2.24, 2.45) is 4.99 Å². The van der Waals surface area contributed by atoms with E-state index in [0.717, 1.165) is 84.5 Å². The lowest BCUT2D eigenvalue weighted by molar-refractivity contribution is 0.0194. The van der Waals surface area contributed by atoms with Gasteiger partial charge in [0, 0.05) is 57.4 Å². The van der Waals surface area contributed by atoms with E-state index in [4.69, 9.17) is 14.5 Å². The van der Waals surface area contributed by atoms with Gasteiger partial charge in [-0.15, -0.1) is 0 Å². The Morgan fingerprint density at radius 1 is 1.07 bits per heavy atom. The van der Waals surface area contributed by atoms with Gasteiger partial charge in [0.05, 0.1) is 19.8 Å². The van der Waals surface area contributed by atoms with Crippen LogP contribution in [-0.2, 0) is 14.9 Å². The van der Waals surface area contributed by atoms with E-state index in [2.05, 4.69) is 52.4 Å². The van der Waals surface area contributed by atoms with Crippen molar-refractivity contribution in [3.63, 3.8) is 0 Å². The minimum atomic E-state index is 0.0868. The molecule has 3 fully saturated rings. The first kappa shape index (κ1) is 20.6. The maximum absolute atomic E-state index is 5.69. The van der Waals surface area contributed by atoms with Gasteiger partial charge in [-0.2, -0.15) is 0 Å². The summed E-state index contributed by atoms with van der Waals surface area (Å²) in [5, 5.41) is 3.56. The van der Waals surface area contributed by atoms with E-state index in [1.54, 1.807) is 0 Å². The van der Waals surface area contributed by atoms with Gasteiger partial charge >= 0.3 is 0 Å². The van der Waals surface area contributed by atoms with Crippen LogP contribution in [0.4, 0.5) is 0 Å². The number of guanidine groups is 1. The van der Waals surface area contributed by atoms with Gasteiger partial charge in [0.15, 0.2) is 5.96 Å². The zero-order chi connectivity index (χ0) is 19.9. The molecule has 0 aromatic heterocycles. The highest BCUT2D eigenvalue weighted by Gasteiger charge is 2.35. The van der Waals surface area contributed by atoms with Gasteiger partial charge in [-0.3, -0.25) is 9.89 Å². The SMILES string of the molecule is CCNC(=NCC1(c2ccccc2)CCOCC1)N1CCC(N2CCOCC2)C1. The van der Waals surface area contributed by atoms with Crippen LogP contribution in [0.2, 0.25) is 0 Å². The molecule has 1 N–H and O–H groups in total. The Bertz CT molecular complexity index is 654. The summed E-state index contributed by atoms with van der Waals surface area (Å²) in [5.74, 6) is 1.07. The summed E-state index contributed by atoms with van der Waals surface area (Å²) in [6.07, 6.45) is 3.29. The summed E-state index contributed by atoms with van der Waals surface area (Å²) in [4.78, 5) is 10.2. The van der Waals surface area contributed by atoms with E-state index < -0.39 is 0 Å². The Balaban J connectivity index is 1.47. The maximum Gasteiger partial charge on any atom is 0.193 e. The van der Waals surface area contributed by atoms with Crippen LogP contribution in [0.25, 0.3) is 0 Å². The Morgan fingerprint density at radius 2 is 1.79 bits per heavy atom. The van der Waals surface area contributed by atoms with Gasteiger partial charge in [0.1, 0.15) is 0 Å². The predicted octanol–water partition coefficient (Wildman–Crippen LogP) is 2.11. The van der Waals surface area contributed by atoms with Crippen molar-refractivity contribution in [2.45, 2.75) is 37.6 Å². The average molecular weight is 401 g/mol. The Hall–Kier alpha value is -1.63. The van der Waals surface area contributed by atoms with Crippen LogP contribution in [0, 0.1) is 0 Å². The molecule has 0 spiro atoms. The second kappa shape index (κ2) is 9.92. The molecule has 3 heterocycles. The number of hydrogen-bond acceptors (Lipinski definition) is 4. The third-order valence-corrected chi connectivity index (χ3v) is 6.73. The summed E-state index contributed by atoms with van der Waals surface area (Å²) >= 11 is 0. The van der Waals surface area contributed by atoms with Crippen molar-refractivity contribution in [3.8, 4) is 0 Å². The summed E-state index contributed by atoms with van der Waals surface area (Å²) in [6.45, 7) is 11.5. The fraction of sp³-hybridized carbons (Fsp3) is 0.696. The van der Waals surface area contributed by atoms with E-state index in [1.807, 2.05) is 0 Å². The summed E-state index contributed by atoms with van der Waals surface area (Å²) in [5.41, 5.74) is 1.49. The molecule has 1 aromatic carbocycles. The Morgan fingerprint density at radius 3 is 2.52 bits per heavy atom. The fourth-order valence-corrected chi connectivity index (χ4v) is 4.92. The molecule has 3 aliphatic rings. The second-order valence-corrected chi connectivity index (χ2v) is 8.47. The quantitative estimate of drug-likeness (QED) is 0.606. The second-order valence-electron chi connectivity index (χ2n) is 8.47. The average Bonchev–Trinajstić information content (AvgIpc) is 3.29. The summed E-state index contributed by atoms with van der Waals surface area (Å²) in [7, 11) is 0. The molecule has 1 atom stereocenters. The zero-order valence-electron chi connectivity index (χ0n) is 17.8. The highest BCUT2D eigenvalue weighted by atomic mass is 16.5. The Kier molecular flexibility index (Phi) is 7.06. The molecule has 0 amide bonds. The molecule has 3 aliphatic heterocycles. The normalized spacial score (nSPS) is 25.9. The monoisotopic (exact) mass is 400 g/mol. The predicted molar refractivity (Wildman–Crippen MR) is 117 cm³/mol. The van der Waals surface area contributed by atoms with Gasteiger partial charge in [0.2, 0.25) is 0 Å². The molecule has 29 heavy (non-hydrogen) atoms. The third kappa shape index (κ3) is 4.93. The molecule has 160 valence electrons. The van der Waals surface area contributed by atoms with Crippen LogP contribution in [0.15, 0.2) is 35.3 Å². The number of morpholine rings is 1. The largest absolute Gasteiger partial charge is 0.381 e. The molecule has 1 unspecified atom stereocenters. The highest BCUT2D eigenvalue weighted by molar-refractivity contribution is 5.80. The summed E-state index contributed by atoms with van der Waals surface area (Å²) in [6, 6.07) is 11.5. The number of rotatable bonds is 5. The molecule has 4 rings (SSSR count). The number of aliphatic imine (C=N–C) groups is 1. The van der Waals surface area contributed by atoms with E-state index in [0.29, 0.717) is 6.04 Å². The van der Waals surface area contributed by atoms with Crippen molar-refractivity contribution in [3.05, 3.63) is 35.9 Å². The van der Waals surface area contributed by atoms with Gasteiger partial charge in [0.25, 0.3) is 0 Å². The molecule has 0 saturated carbocycles. The van der Waals surface area contributed by atoms with Crippen LogP contribution < -0.4 is 5.32 Å². The van der Waals surface area contributed by atoms with Gasteiger partial charge in [-0.1, -0.05) is 30.3 Å². The maximum atomic E-state index is 5.69. The standard InChI is InChI=1S/C23H36N4O2/c1-2-24-22(27-11-8-21(18-27)26-12-16-29-17-13-26)25-19-23(9-14-28-15-10-23)20-6-4-3-5-7-20/h3-7,21H,2,8-19H2,1H3,(H,24,25). The lowest BCUT2D eigenvalue weighted by Crippen LogP contribution is -2.47. The number of ether oxygens (including phenoxy) is 2. The van der Waals surface area contributed by atoms with Crippen molar-refractivity contribution in [2.75, 3.05) is 65.7 Å². The molecular formula is C23H36N4O2. The van der Waals surface area contributed by atoms with E-state index in [9.17, 15) is 0 Å². The molecule has 1 aromatic rings. The number of nitrogens with one attached hydrogen (secondary N) is 1. The number of likely N-dealkylation sites (tertiary alicyclic amines) is 1. The molecular weight excluding hydrogens is 364 g/mol. The van der Waals surface area contributed by atoms with Crippen molar-refractivity contribution in [1.29, 1.82) is 0 Å². The zero-order valence-corrected chi connectivity index (χ0v) is 17.8. The van der Waals surface area contributed by atoms with E-state index >= 15 is 0 Å². The van der Waals surface area contributed by atoms with Gasteiger partial charge in [-0.25, -0.2) is 0 Å². The summed E-state index contributed by atoms with van der Waals surface area (Å²) < 4.78 is 11.2. The minimum absolute atomic E-state index is 0.0868. The van der Waals surface area contributed by atoms with Gasteiger partial charge in [-0.05, 0) is 31.7 Å². The van der Waals surface area contributed by atoms with Crippen LogP contribution in [0.5, 0.6) is 0 Å². The van der Waals surface area contributed by atoms with Crippen LogP contribution in [0.3, 0.4) is 0 Å². The van der Waals surface area contributed by atoms with E-state index in [1.165, 1.54) is 12.0 Å². The number of benzene rings is 1. The van der Waals surface area contributed by atoms with Crippen LogP contribution >= 0.6 is 0 Å². The van der Waals surface area contributed by atoms with Crippen LogP contribution in [0.1, 0.15) is 31.7 Å². The molecule has 0 radical (unpaired) electrons. The minimum Gasteiger partial charge on any atom is -0.381 e. The molecule has 6 nitrogen and oxygen atoms in total. The first-order chi connectivity index (χ1) is 14.3. The molecule has 0 aliphatic carbocycles. The number of nitrogens with zero attached hydrogens (tertiary/aromatic N) is 3. The smallest absolute Gasteiger partial charge is 0.193 e. The lowest BCUT2D eigenvalue weighted by atomic mass is 9.74. The molecule has 6 heteroatoms. The van der Waals surface area contributed by atoms with Crippen LogP contribution in [-0.4, -0.2) is 87.5 Å². The van der Waals surface area contributed by atoms with Crippen molar-refractivity contribution in [1.82, 2.24) is 15.1 Å². The van der Waals surface area contributed by atoms with Crippen molar-refractivity contribution >= 4 is 5.96 Å². The first-order valence-electron chi connectivity index (χ1n) is 11.3. The fourth-order valence-electron chi connectivity index (χ4n) is 4.92. The highest BCUT2D eigenvalue weighted by Crippen LogP contribution is 2.35. The van der Waals surface area contributed by atoms with E-state index in [-0.39, 0.29) is 5.41 Å². The van der Waals surface area contributed by atoms with Crippen molar-refractivity contribution < 1.29 is 9.47 Å². The molecule has 0 bridgehead atoms. The number of hydrogen-bond donors (Lipinski definition) is 1. The molecule has 3 saturated heterocycles. The Labute approximate surface area is 175 Å². The lowest BCUT2D eigenvalue weighted by Gasteiger charge is -2.37. The third-order valence-electron chi connectivity index (χ3n) is 6.73. The van der Waals surface area contributed by atoms with Gasteiger partial charge < -0.3 is 19.7 Å². The topological polar surface area (TPSA) is 49.3 Å². The first-order valence-corrected chi connectivity index (χ1v) is 11.3.